The Labute approximate surface area is 246 Å². The highest BCUT2D eigenvalue weighted by Crippen LogP contribution is 2.33. The van der Waals surface area contributed by atoms with Crippen LogP contribution in [0, 0.1) is 0 Å². The molecule has 0 radical (unpaired) electrons. The molecular weight excluding hydrogens is 555 g/mol. The molecule has 0 fully saturated rings. The van der Waals surface area contributed by atoms with E-state index in [9.17, 15) is 27.9 Å². The first kappa shape index (κ1) is 29.4. The van der Waals surface area contributed by atoms with E-state index in [-0.39, 0.29) is 35.1 Å². The van der Waals surface area contributed by atoms with Crippen molar-refractivity contribution in [2.24, 2.45) is 0 Å². The zero-order valence-corrected chi connectivity index (χ0v) is 23.1. The van der Waals surface area contributed by atoms with Crippen LogP contribution in [0.5, 0.6) is 0 Å². The fraction of sp³-hybridized carbons (Fsp3) is 0.143. The average Bonchev–Trinajstić information content (AvgIpc) is 3.51. The minimum Gasteiger partial charge on any atom is -0.478 e. The van der Waals surface area contributed by atoms with E-state index in [4.69, 9.17) is 4.42 Å². The number of benzene rings is 4. The quantitative estimate of drug-likeness (QED) is 0.179. The molecule has 1 heterocycles. The van der Waals surface area contributed by atoms with E-state index >= 15 is 0 Å². The van der Waals surface area contributed by atoms with Crippen LogP contribution in [-0.2, 0) is 19.1 Å². The molecule has 1 amide bonds. The van der Waals surface area contributed by atoms with E-state index in [0.717, 1.165) is 35.2 Å². The Balaban J connectivity index is 1.37. The number of aryl methyl sites for hydroxylation is 1. The molecule has 0 atom stereocenters. The molecule has 0 unspecified atom stereocenters. The number of nitrogens with zero attached hydrogens (tertiary/aromatic N) is 1. The van der Waals surface area contributed by atoms with Gasteiger partial charge in [-0.25, -0.2) is 4.79 Å². The Bertz CT molecular complexity index is 1710. The SMILES string of the molecule is O=C(O)c1ccccc1-c1ccc(CN(CCCc2ccccc2)C(=O)c2ccc(-c3cccc(C(F)(F)F)c3)o2)cc1. The molecule has 4 aromatic carbocycles. The van der Waals surface area contributed by atoms with E-state index in [1.165, 1.54) is 24.3 Å². The van der Waals surface area contributed by atoms with Gasteiger partial charge in [0.25, 0.3) is 5.91 Å². The van der Waals surface area contributed by atoms with Gasteiger partial charge >= 0.3 is 12.1 Å². The number of hydrogen-bond donors (Lipinski definition) is 1. The molecule has 43 heavy (non-hydrogen) atoms. The zero-order chi connectivity index (χ0) is 30.4. The summed E-state index contributed by atoms with van der Waals surface area (Å²) in [4.78, 5) is 27.0. The van der Waals surface area contributed by atoms with E-state index in [0.29, 0.717) is 18.5 Å². The topological polar surface area (TPSA) is 70.8 Å². The summed E-state index contributed by atoms with van der Waals surface area (Å²) in [5.41, 5.74) is 2.92. The van der Waals surface area contributed by atoms with Crippen LogP contribution in [0.25, 0.3) is 22.5 Å². The van der Waals surface area contributed by atoms with Crippen molar-refractivity contribution in [2.45, 2.75) is 25.6 Å². The lowest BCUT2D eigenvalue weighted by Crippen LogP contribution is -2.31. The number of furan rings is 1. The number of carbonyl (C=O) groups is 2. The first-order valence-corrected chi connectivity index (χ1v) is 13.7. The van der Waals surface area contributed by atoms with Crippen LogP contribution < -0.4 is 0 Å². The van der Waals surface area contributed by atoms with Gasteiger partial charge in [0.2, 0.25) is 0 Å². The molecule has 0 saturated heterocycles. The Morgan fingerprint density at radius 1 is 0.744 bits per heavy atom. The lowest BCUT2D eigenvalue weighted by atomic mass is 9.98. The molecular formula is C35H28F3NO4. The summed E-state index contributed by atoms with van der Waals surface area (Å²) in [5, 5.41) is 9.56. The number of aromatic carboxylic acids is 1. The minimum absolute atomic E-state index is 0.0270. The van der Waals surface area contributed by atoms with Crippen molar-refractivity contribution in [3.63, 3.8) is 0 Å². The molecule has 5 nitrogen and oxygen atoms in total. The predicted molar refractivity (Wildman–Crippen MR) is 157 cm³/mol. The standard InChI is InChI=1S/C35H28F3NO4/c36-35(37,38)28-12-6-11-27(22-28)31-19-20-32(43-31)33(40)39(21-7-10-24-8-2-1-3-9-24)23-25-15-17-26(18-16-25)29-13-4-5-14-30(29)34(41)42/h1-6,8-9,11-20,22H,7,10,21,23H2,(H,41,42). The van der Waals surface area contributed by atoms with Crippen LogP contribution >= 0.6 is 0 Å². The van der Waals surface area contributed by atoms with Crippen LogP contribution in [0.2, 0.25) is 0 Å². The molecule has 0 aliphatic rings. The number of amides is 1. The number of halogens is 3. The highest BCUT2D eigenvalue weighted by atomic mass is 19.4. The van der Waals surface area contributed by atoms with Crippen LogP contribution in [-0.4, -0.2) is 28.4 Å². The first-order chi connectivity index (χ1) is 20.7. The second-order valence-corrected chi connectivity index (χ2v) is 10.1. The third-order valence-corrected chi connectivity index (χ3v) is 7.11. The van der Waals surface area contributed by atoms with Gasteiger partial charge in [-0.15, -0.1) is 0 Å². The lowest BCUT2D eigenvalue weighted by molar-refractivity contribution is -0.137. The zero-order valence-electron chi connectivity index (χ0n) is 23.1. The van der Waals surface area contributed by atoms with E-state index in [2.05, 4.69) is 0 Å². The Morgan fingerprint density at radius 2 is 1.47 bits per heavy atom. The van der Waals surface area contributed by atoms with Crippen molar-refractivity contribution >= 4 is 11.9 Å². The number of alkyl halides is 3. The fourth-order valence-electron chi connectivity index (χ4n) is 4.92. The van der Waals surface area contributed by atoms with Gasteiger partial charge in [0.15, 0.2) is 5.76 Å². The number of carboxylic acid groups (broad SMARTS) is 1. The summed E-state index contributed by atoms with van der Waals surface area (Å²) in [7, 11) is 0. The lowest BCUT2D eigenvalue weighted by Gasteiger charge is -2.22. The largest absolute Gasteiger partial charge is 0.478 e. The van der Waals surface area contributed by atoms with Crippen LogP contribution in [0.4, 0.5) is 13.2 Å². The maximum atomic E-state index is 13.7. The predicted octanol–water partition coefficient (Wildman–Crippen LogP) is 8.61. The second kappa shape index (κ2) is 12.8. The van der Waals surface area contributed by atoms with Gasteiger partial charge < -0.3 is 14.4 Å². The van der Waals surface area contributed by atoms with Crippen LogP contribution in [0.1, 0.15) is 44.0 Å². The van der Waals surface area contributed by atoms with Gasteiger partial charge in [-0.1, -0.05) is 84.9 Å². The number of carboxylic acids is 1. The van der Waals surface area contributed by atoms with Crippen molar-refractivity contribution in [3.8, 4) is 22.5 Å². The monoisotopic (exact) mass is 583 g/mol. The molecule has 0 spiro atoms. The van der Waals surface area contributed by atoms with Gasteiger partial charge in [0, 0.05) is 18.7 Å². The summed E-state index contributed by atoms with van der Waals surface area (Å²) in [6, 6.07) is 31.8. The second-order valence-electron chi connectivity index (χ2n) is 10.1. The summed E-state index contributed by atoms with van der Waals surface area (Å²) in [6.07, 6.45) is -3.06. The first-order valence-electron chi connectivity index (χ1n) is 13.7. The van der Waals surface area contributed by atoms with Crippen molar-refractivity contribution in [1.82, 2.24) is 4.90 Å². The average molecular weight is 584 g/mol. The van der Waals surface area contributed by atoms with Gasteiger partial charge in [0.1, 0.15) is 5.76 Å². The number of hydrogen-bond acceptors (Lipinski definition) is 3. The van der Waals surface area contributed by atoms with Gasteiger partial charge in [-0.2, -0.15) is 13.2 Å². The maximum Gasteiger partial charge on any atom is 0.416 e. The number of rotatable bonds is 10. The molecule has 0 aliphatic carbocycles. The molecule has 218 valence electrons. The Morgan fingerprint density at radius 3 is 2.19 bits per heavy atom. The van der Waals surface area contributed by atoms with E-state index < -0.39 is 17.7 Å². The normalized spacial score (nSPS) is 11.3. The third kappa shape index (κ3) is 7.22. The summed E-state index contributed by atoms with van der Waals surface area (Å²) in [6.45, 7) is 0.672. The highest BCUT2D eigenvalue weighted by Gasteiger charge is 2.31. The third-order valence-electron chi connectivity index (χ3n) is 7.11. The molecule has 0 saturated carbocycles. The van der Waals surface area contributed by atoms with Crippen LogP contribution in [0.3, 0.4) is 0 Å². The molecule has 5 rings (SSSR count). The van der Waals surface area contributed by atoms with Gasteiger partial charge in [-0.05, 0) is 65.4 Å². The molecule has 5 aromatic rings. The van der Waals surface area contributed by atoms with Crippen molar-refractivity contribution in [3.05, 3.63) is 143 Å². The molecule has 1 aromatic heterocycles. The van der Waals surface area contributed by atoms with E-state index in [1.807, 2.05) is 54.6 Å². The van der Waals surface area contributed by atoms with E-state index in [1.54, 1.807) is 29.2 Å². The number of carbonyl (C=O) groups excluding carboxylic acids is 1. The van der Waals surface area contributed by atoms with Crippen molar-refractivity contribution < 1.29 is 32.3 Å². The van der Waals surface area contributed by atoms with Crippen molar-refractivity contribution in [2.75, 3.05) is 6.54 Å². The Hall–Kier alpha value is -5.11. The summed E-state index contributed by atoms with van der Waals surface area (Å²) in [5.74, 6) is -1.20. The molecule has 0 bridgehead atoms. The molecule has 8 heteroatoms. The minimum atomic E-state index is -4.50. The molecule has 1 N–H and O–H groups in total. The highest BCUT2D eigenvalue weighted by molar-refractivity contribution is 5.96. The van der Waals surface area contributed by atoms with Crippen LogP contribution in [0.15, 0.2) is 120 Å². The maximum absolute atomic E-state index is 13.7. The molecule has 0 aliphatic heterocycles. The van der Waals surface area contributed by atoms with Crippen molar-refractivity contribution in [1.29, 1.82) is 0 Å². The fourth-order valence-corrected chi connectivity index (χ4v) is 4.92. The summed E-state index contributed by atoms with van der Waals surface area (Å²) >= 11 is 0. The summed E-state index contributed by atoms with van der Waals surface area (Å²) < 4.78 is 45.5. The van der Waals surface area contributed by atoms with Gasteiger partial charge in [0.05, 0.1) is 11.1 Å². The Kier molecular flexibility index (Phi) is 8.76. The smallest absolute Gasteiger partial charge is 0.416 e. The van der Waals surface area contributed by atoms with Gasteiger partial charge in [-0.3, -0.25) is 4.79 Å².